The number of benzene rings is 3. The molecule has 1 aromatic heterocycles. The molecule has 57 heavy (non-hydrogen) atoms. The zero-order valence-electron chi connectivity index (χ0n) is 33.2. The van der Waals surface area contributed by atoms with Gasteiger partial charge in [-0.2, -0.15) is 0 Å². The predicted octanol–water partition coefficient (Wildman–Crippen LogP) is 4.47. The summed E-state index contributed by atoms with van der Waals surface area (Å²) in [4.78, 5) is 29.8. The van der Waals surface area contributed by atoms with Gasteiger partial charge in [-0.1, -0.05) is 112 Å². The number of anilines is 1. The van der Waals surface area contributed by atoms with Crippen molar-refractivity contribution in [2.45, 2.75) is 77.5 Å². The molecule has 1 aliphatic heterocycles. The molecule has 0 saturated carbocycles. The molecule has 2 heterocycles. The SMILES string of the molecule is CCC/C(=C\c1ccc(CO)o1)CC[C@@H](O)C1=C(CO[Si](c2ccccc2)(c2ccccc2)C(C)(C)C)C[C@H]2C(=O)N(c3cccc(B(O)O)c3)C(=O)[C@H]2[C@H]1CO. The smallest absolute Gasteiger partial charge is 0.459 e. The number of hydrogen-bond acceptors (Lipinski definition) is 9. The van der Waals surface area contributed by atoms with E-state index >= 15 is 0 Å². The molecule has 300 valence electrons. The van der Waals surface area contributed by atoms with Gasteiger partial charge in [-0.3, -0.25) is 14.5 Å². The minimum absolute atomic E-state index is 0.0705. The molecule has 1 fully saturated rings. The minimum atomic E-state index is -3.09. The molecule has 2 aliphatic rings. The third-order valence-corrected chi connectivity index (χ3v) is 16.5. The molecule has 1 saturated heterocycles. The largest absolute Gasteiger partial charge is 0.488 e. The first-order chi connectivity index (χ1) is 27.3. The molecule has 5 N–H and O–H groups in total. The average molecular weight is 792 g/mol. The number of carbonyl (C=O) groups excluding carboxylic acids is 2. The van der Waals surface area contributed by atoms with Crippen molar-refractivity contribution in [2.75, 3.05) is 18.1 Å². The number of carbonyl (C=O) groups is 2. The van der Waals surface area contributed by atoms with E-state index in [1.165, 1.54) is 12.1 Å². The number of furan rings is 1. The topological polar surface area (TPSA) is 161 Å². The van der Waals surface area contributed by atoms with Crippen LogP contribution in [0.4, 0.5) is 5.69 Å². The number of amides is 2. The second-order valence-corrected chi connectivity index (χ2v) is 20.5. The Bertz CT molecular complexity index is 2030. The molecule has 1 aliphatic carbocycles. The van der Waals surface area contributed by atoms with Crippen molar-refractivity contribution in [3.63, 3.8) is 0 Å². The second kappa shape index (κ2) is 18.0. The highest BCUT2D eigenvalue weighted by atomic mass is 28.4. The molecule has 0 bridgehead atoms. The number of imide groups is 1. The van der Waals surface area contributed by atoms with Gasteiger partial charge in [0.2, 0.25) is 11.8 Å². The van der Waals surface area contributed by atoms with Crippen molar-refractivity contribution in [1.29, 1.82) is 0 Å². The molecule has 0 radical (unpaired) electrons. The zero-order chi connectivity index (χ0) is 40.9. The van der Waals surface area contributed by atoms with Gasteiger partial charge >= 0.3 is 7.12 Å². The Morgan fingerprint density at radius 2 is 1.60 bits per heavy atom. The number of nitrogens with zero attached hydrogens (tertiary/aromatic N) is 1. The van der Waals surface area contributed by atoms with E-state index in [2.05, 4.69) is 52.0 Å². The van der Waals surface area contributed by atoms with Gasteiger partial charge in [0.1, 0.15) is 18.1 Å². The van der Waals surface area contributed by atoms with E-state index in [0.29, 0.717) is 29.1 Å². The molecule has 0 unspecified atom stereocenters. The van der Waals surface area contributed by atoms with E-state index < -0.39 is 57.7 Å². The van der Waals surface area contributed by atoms with Gasteiger partial charge in [0.05, 0.1) is 36.8 Å². The molecule has 2 amide bonds. The number of hydrogen-bond donors (Lipinski definition) is 5. The van der Waals surface area contributed by atoms with Gasteiger partial charge in [0, 0.05) is 5.92 Å². The summed E-state index contributed by atoms with van der Waals surface area (Å²) in [5.41, 5.74) is 2.60. The van der Waals surface area contributed by atoms with Crippen LogP contribution in [0.1, 0.15) is 71.3 Å². The van der Waals surface area contributed by atoms with Gasteiger partial charge in [0.25, 0.3) is 8.32 Å². The van der Waals surface area contributed by atoms with Crippen LogP contribution in [0.5, 0.6) is 0 Å². The Balaban J connectivity index is 1.43. The first-order valence-corrected chi connectivity index (χ1v) is 21.7. The molecule has 6 rings (SSSR count). The van der Waals surface area contributed by atoms with Crippen LogP contribution in [0.15, 0.2) is 118 Å². The number of rotatable bonds is 16. The second-order valence-electron chi connectivity index (χ2n) is 16.2. The molecule has 10 nitrogen and oxygen atoms in total. The summed E-state index contributed by atoms with van der Waals surface area (Å²) in [5.74, 6) is -2.54. The van der Waals surface area contributed by atoms with E-state index in [1.54, 1.807) is 24.3 Å². The molecular formula is C45H54BNO9Si. The van der Waals surface area contributed by atoms with Crippen molar-refractivity contribution in [1.82, 2.24) is 0 Å². The number of allylic oxidation sites excluding steroid dienone is 1. The summed E-state index contributed by atoms with van der Waals surface area (Å²) in [6.45, 7) is 7.98. The molecule has 4 aromatic rings. The van der Waals surface area contributed by atoms with Gasteiger partial charge in [-0.15, -0.1) is 0 Å². The lowest BCUT2D eigenvalue weighted by atomic mass is 9.68. The van der Waals surface area contributed by atoms with Crippen LogP contribution < -0.4 is 20.7 Å². The quantitative estimate of drug-likeness (QED) is 0.0627. The van der Waals surface area contributed by atoms with Crippen LogP contribution in [-0.4, -0.2) is 71.9 Å². The monoisotopic (exact) mass is 791 g/mol. The fourth-order valence-corrected chi connectivity index (χ4v) is 13.5. The predicted molar refractivity (Wildman–Crippen MR) is 224 cm³/mol. The standard InChI is InChI=1S/C45H54BNO9Si/c1-5-13-30(24-34-21-22-35(27-48)56-34)20-23-40(50)41-31(29-55-57(45(2,3)4,36-16-8-6-9-17-36)37-18-10-7-11-19-37)25-38-42(39(41)28-49)44(52)47(43(38)51)33-15-12-14-32(26-33)46(53)54/h6-12,14-19,21-22,24,26,38-40,42,48-50,53-54H,5,13,20,23,25,27-29H2,1-4H3/b30-24+/t38-,39+,40-,42-/m1/s1. The third-order valence-electron chi connectivity index (χ3n) is 11.5. The summed E-state index contributed by atoms with van der Waals surface area (Å²) in [6, 6.07) is 29.9. The summed E-state index contributed by atoms with van der Waals surface area (Å²) < 4.78 is 13.1. The maximum atomic E-state index is 14.4. The van der Waals surface area contributed by atoms with Crippen molar-refractivity contribution in [3.8, 4) is 0 Å². The van der Waals surface area contributed by atoms with Crippen LogP contribution in [0.2, 0.25) is 5.04 Å². The lowest BCUT2D eigenvalue weighted by Gasteiger charge is -2.44. The molecular weight excluding hydrogens is 737 g/mol. The Labute approximate surface area is 336 Å². The normalized spacial score (nSPS) is 19.6. The van der Waals surface area contributed by atoms with E-state index in [1.807, 2.05) is 42.5 Å². The van der Waals surface area contributed by atoms with Crippen molar-refractivity contribution in [3.05, 3.63) is 125 Å². The first-order valence-electron chi connectivity index (χ1n) is 19.8. The summed E-state index contributed by atoms with van der Waals surface area (Å²) >= 11 is 0. The Morgan fingerprint density at radius 1 is 0.930 bits per heavy atom. The van der Waals surface area contributed by atoms with E-state index in [4.69, 9.17) is 8.84 Å². The van der Waals surface area contributed by atoms with Crippen molar-refractivity contribution < 1.29 is 43.8 Å². The highest BCUT2D eigenvalue weighted by Gasteiger charge is 2.56. The summed E-state index contributed by atoms with van der Waals surface area (Å²) in [7, 11) is -4.89. The first kappa shape index (κ1) is 42.2. The fourth-order valence-electron chi connectivity index (χ4n) is 8.95. The molecule has 12 heteroatoms. The molecule has 3 aromatic carbocycles. The van der Waals surface area contributed by atoms with Crippen LogP contribution in [0.25, 0.3) is 6.08 Å². The lowest BCUT2D eigenvalue weighted by Crippen LogP contribution is -2.66. The fraction of sp³-hybridized carbons (Fsp3) is 0.378. The summed E-state index contributed by atoms with van der Waals surface area (Å²) in [5, 5.41) is 54.5. The average Bonchev–Trinajstić information content (AvgIpc) is 3.77. The third kappa shape index (κ3) is 8.59. The number of aliphatic hydroxyl groups is 3. The van der Waals surface area contributed by atoms with Gasteiger partial charge in [-0.25, -0.2) is 0 Å². The van der Waals surface area contributed by atoms with Crippen LogP contribution in [0.3, 0.4) is 0 Å². The highest BCUT2D eigenvalue weighted by molar-refractivity contribution is 6.99. The Hall–Kier alpha value is -4.40. The molecule has 4 atom stereocenters. The van der Waals surface area contributed by atoms with Crippen LogP contribution in [-0.2, 0) is 20.6 Å². The lowest BCUT2D eigenvalue weighted by molar-refractivity contribution is -0.123. The minimum Gasteiger partial charge on any atom is -0.459 e. The zero-order valence-corrected chi connectivity index (χ0v) is 34.2. The maximum Gasteiger partial charge on any atom is 0.488 e. The highest BCUT2D eigenvalue weighted by Crippen LogP contribution is 2.48. The van der Waals surface area contributed by atoms with E-state index in [-0.39, 0.29) is 42.2 Å². The summed E-state index contributed by atoms with van der Waals surface area (Å²) in [6.07, 6.45) is 3.40. The number of aliphatic hydroxyl groups excluding tert-OH is 3. The number of fused-ring (bicyclic) bond motifs is 1. The Kier molecular flexibility index (Phi) is 13.4. The van der Waals surface area contributed by atoms with Gasteiger partial charge < -0.3 is 34.2 Å². The van der Waals surface area contributed by atoms with Crippen molar-refractivity contribution in [2.24, 2.45) is 17.8 Å². The van der Waals surface area contributed by atoms with Crippen LogP contribution in [0, 0.1) is 17.8 Å². The van der Waals surface area contributed by atoms with E-state index in [0.717, 1.165) is 33.7 Å². The molecule has 0 spiro atoms. The van der Waals surface area contributed by atoms with Crippen LogP contribution >= 0.6 is 0 Å². The van der Waals surface area contributed by atoms with Gasteiger partial charge in [-0.05, 0) is 88.0 Å². The van der Waals surface area contributed by atoms with Gasteiger partial charge in [0.15, 0.2) is 0 Å². The van der Waals surface area contributed by atoms with Crippen molar-refractivity contribution >= 4 is 54.8 Å². The van der Waals surface area contributed by atoms with E-state index in [9.17, 15) is 35.0 Å². The maximum absolute atomic E-state index is 14.4. The Morgan fingerprint density at radius 3 is 2.16 bits per heavy atom.